The van der Waals surface area contributed by atoms with Gasteiger partial charge in [-0.2, -0.15) is 35.1 Å². The van der Waals surface area contributed by atoms with Crippen LogP contribution in [0.1, 0.15) is 31.8 Å². The lowest BCUT2D eigenvalue weighted by Gasteiger charge is -2.17. The smallest absolute Gasteiger partial charge is 0.428 e. The number of hydrogen-bond acceptors (Lipinski definition) is 4. The van der Waals surface area contributed by atoms with Crippen molar-refractivity contribution < 1.29 is 71.7 Å². The largest absolute Gasteiger partial charge is 0.461 e. The summed E-state index contributed by atoms with van der Waals surface area (Å²) < 4.78 is 161. The number of alkyl halides is 8. The summed E-state index contributed by atoms with van der Waals surface area (Å²) in [7, 11) is 0. The molecule has 0 N–H and O–H groups in total. The summed E-state index contributed by atoms with van der Waals surface area (Å²) in [6.07, 6.45) is -18.0. The van der Waals surface area contributed by atoms with Crippen LogP contribution in [0.25, 0.3) is 4.85 Å². The van der Waals surface area contributed by atoms with E-state index >= 15 is 0 Å². The maximum atomic E-state index is 13.5. The van der Waals surface area contributed by atoms with E-state index in [1.54, 1.807) is 0 Å². The number of halogens is 13. The van der Waals surface area contributed by atoms with Gasteiger partial charge in [0.05, 0.1) is 11.0 Å². The van der Waals surface area contributed by atoms with Crippen LogP contribution in [0.15, 0.2) is 77.3 Å². The lowest BCUT2D eigenvalue weighted by atomic mass is 10.0. The number of carbonyl (C=O) groups is 2. The normalized spacial score (nSPS) is 11.5. The predicted molar refractivity (Wildman–Crippen MR) is 150 cm³/mol. The highest BCUT2D eigenvalue weighted by atomic mass is 79.9. The van der Waals surface area contributed by atoms with Crippen LogP contribution in [0.3, 0.4) is 0 Å². The third-order valence-corrected chi connectivity index (χ3v) is 6.40. The molecule has 0 aliphatic rings. The van der Waals surface area contributed by atoms with E-state index in [2.05, 4.69) is 30.2 Å². The quantitative estimate of drug-likeness (QED) is 0.0916. The van der Waals surface area contributed by atoms with Gasteiger partial charge in [-0.1, -0.05) is 6.07 Å². The third-order valence-electron chi connectivity index (χ3n) is 5.79. The highest BCUT2D eigenvalue weighted by molar-refractivity contribution is 9.10. The summed E-state index contributed by atoms with van der Waals surface area (Å²) in [5.74, 6) is -7.54. The molecule has 49 heavy (non-hydrogen) atoms. The zero-order chi connectivity index (χ0) is 36.8. The monoisotopic (exact) mass is 771 g/mol. The number of benzene rings is 4. The van der Waals surface area contributed by atoms with Crippen molar-refractivity contribution in [3.05, 3.63) is 134 Å². The lowest BCUT2D eigenvalue weighted by molar-refractivity contribution is -0.253. The Bertz CT molecular complexity index is 1910. The molecule has 0 radical (unpaired) electrons. The van der Waals surface area contributed by atoms with Crippen molar-refractivity contribution >= 4 is 33.2 Å². The molecule has 0 heterocycles. The van der Waals surface area contributed by atoms with Gasteiger partial charge in [0.1, 0.15) is 34.8 Å². The van der Waals surface area contributed by atoms with Crippen LogP contribution in [-0.2, 0) is 0 Å². The van der Waals surface area contributed by atoms with Gasteiger partial charge in [0.25, 0.3) is 0 Å². The maximum Gasteiger partial charge on any atom is 0.461 e. The summed E-state index contributed by atoms with van der Waals surface area (Å²) >= 11 is 2.86. The Hall–Kier alpha value is -5.05. The topological polar surface area (TPSA) is 57.0 Å². The van der Waals surface area contributed by atoms with E-state index < -0.39 is 88.2 Å². The molecule has 0 bridgehead atoms. The van der Waals surface area contributed by atoms with Crippen LogP contribution in [0, 0.1) is 29.8 Å². The SMILES string of the molecule is O=C(c1cc(F)cc(OC(F)(F)C(F)F)c1)c1ccc(F)c(Br)c1.[C-]#[N+]c1cc(C(=O)c2cc(F)cc(OC(F)(F)C(F)F)c2)ccc1F. The first-order valence-corrected chi connectivity index (χ1v) is 13.6. The molecule has 4 rings (SSSR count). The van der Waals surface area contributed by atoms with Crippen molar-refractivity contribution in [3.63, 3.8) is 0 Å². The van der Waals surface area contributed by atoms with E-state index in [-0.39, 0.29) is 15.6 Å². The van der Waals surface area contributed by atoms with Crippen molar-refractivity contribution in [2.75, 3.05) is 0 Å². The number of nitrogens with zero attached hydrogens (tertiary/aromatic N) is 1. The second-order valence-electron chi connectivity index (χ2n) is 9.35. The Morgan fingerprint density at radius 3 is 1.41 bits per heavy atom. The summed E-state index contributed by atoms with van der Waals surface area (Å²) in [6, 6.07) is 9.47. The summed E-state index contributed by atoms with van der Waals surface area (Å²) in [5.41, 5.74) is -1.68. The minimum atomic E-state index is -4.87. The zero-order valence-electron chi connectivity index (χ0n) is 23.6. The minimum absolute atomic E-state index is 0.0366. The molecule has 0 spiro atoms. The van der Waals surface area contributed by atoms with Gasteiger partial charge in [-0.15, -0.1) is 0 Å². The van der Waals surface area contributed by atoms with Crippen molar-refractivity contribution in [3.8, 4) is 11.5 Å². The molecule has 0 saturated carbocycles. The van der Waals surface area contributed by atoms with Gasteiger partial charge in [-0.3, -0.25) is 9.59 Å². The maximum absolute atomic E-state index is 13.5. The van der Waals surface area contributed by atoms with Gasteiger partial charge in [0.2, 0.25) is 5.69 Å². The van der Waals surface area contributed by atoms with E-state index in [0.717, 1.165) is 36.4 Å². The molecule has 0 aliphatic carbocycles. The molecule has 4 aromatic carbocycles. The molecule has 0 aliphatic heterocycles. The van der Waals surface area contributed by atoms with Gasteiger partial charge in [0.15, 0.2) is 11.6 Å². The molecular weight excluding hydrogens is 758 g/mol. The summed E-state index contributed by atoms with van der Waals surface area (Å²) in [6.45, 7) is 6.77. The molecule has 258 valence electrons. The second-order valence-corrected chi connectivity index (χ2v) is 10.2. The zero-order valence-corrected chi connectivity index (χ0v) is 25.2. The molecular formula is C31H14BrF12NO4. The minimum Gasteiger partial charge on any atom is -0.428 e. The molecule has 0 amide bonds. The molecule has 4 aromatic rings. The van der Waals surface area contributed by atoms with Crippen LogP contribution in [0.5, 0.6) is 11.5 Å². The van der Waals surface area contributed by atoms with Gasteiger partial charge >= 0.3 is 25.1 Å². The standard InChI is InChI=1S/C16H7F6NO2.C15H7BrF6O2/c1-23-13-6-8(2-3-12(13)18)14(24)9-4-10(17)7-11(5-9)25-16(21,22)15(19)20;16-11-5-7(1-2-12(11)18)13(23)8-3-9(17)6-10(4-8)24-15(21,22)14(19)20/h2-7,15H;1-6,14H. The first kappa shape index (κ1) is 38.4. The Balaban J connectivity index is 0.000000266. The van der Waals surface area contributed by atoms with Crippen LogP contribution >= 0.6 is 15.9 Å². The van der Waals surface area contributed by atoms with E-state index in [0.29, 0.717) is 36.4 Å². The number of ketones is 2. The Morgan fingerprint density at radius 1 is 0.612 bits per heavy atom. The fourth-order valence-corrected chi connectivity index (χ4v) is 4.00. The van der Waals surface area contributed by atoms with Crippen molar-refractivity contribution in [2.45, 2.75) is 25.1 Å². The van der Waals surface area contributed by atoms with Crippen molar-refractivity contribution in [2.24, 2.45) is 0 Å². The molecule has 0 aromatic heterocycles. The van der Waals surface area contributed by atoms with Crippen LogP contribution < -0.4 is 9.47 Å². The highest BCUT2D eigenvalue weighted by Gasteiger charge is 2.45. The average molecular weight is 772 g/mol. The Kier molecular flexibility index (Phi) is 12.1. The van der Waals surface area contributed by atoms with E-state index in [1.807, 2.05) is 0 Å². The Labute approximate surface area is 275 Å². The van der Waals surface area contributed by atoms with E-state index in [9.17, 15) is 62.3 Å². The van der Waals surface area contributed by atoms with Gasteiger partial charge < -0.3 is 9.47 Å². The molecule has 5 nitrogen and oxygen atoms in total. The number of rotatable bonds is 10. The number of ether oxygens (including phenoxy) is 2. The van der Waals surface area contributed by atoms with Crippen molar-refractivity contribution in [1.82, 2.24) is 0 Å². The summed E-state index contributed by atoms with van der Waals surface area (Å²) in [5, 5.41) is 0. The summed E-state index contributed by atoms with van der Waals surface area (Å²) in [4.78, 5) is 27.3. The molecule has 0 atom stereocenters. The lowest BCUT2D eigenvalue weighted by Crippen LogP contribution is -2.33. The Morgan fingerprint density at radius 2 is 1.02 bits per heavy atom. The number of carbonyl (C=O) groups excluding carboxylic acids is 2. The van der Waals surface area contributed by atoms with Gasteiger partial charge in [-0.25, -0.2) is 22.4 Å². The van der Waals surface area contributed by atoms with Gasteiger partial charge in [-0.05, 0) is 70.5 Å². The first-order valence-electron chi connectivity index (χ1n) is 12.8. The number of hydrogen-bond donors (Lipinski definition) is 0. The first-order chi connectivity index (χ1) is 22.7. The molecule has 0 fully saturated rings. The average Bonchev–Trinajstić information content (AvgIpc) is 3.01. The molecule has 18 heteroatoms. The fraction of sp³-hybridized carbons (Fsp3) is 0.129. The van der Waals surface area contributed by atoms with E-state index in [4.69, 9.17) is 6.57 Å². The van der Waals surface area contributed by atoms with Crippen molar-refractivity contribution in [1.29, 1.82) is 0 Å². The highest BCUT2D eigenvalue weighted by Crippen LogP contribution is 2.31. The predicted octanol–water partition coefficient (Wildman–Crippen LogP) is 10.2. The molecule has 0 saturated heterocycles. The second kappa shape index (κ2) is 15.4. The third kappa shape index (κ3) is 9.98. The van der Waals surface area contributed by atoms with E-state index in [1.165, 1.54) is 0 Å². The van der Waals surface area contributed by atoms with Gasteiger partial charge in [0, 0.05) is 34.4 Å². The van der Waals surface area contributed by atoms with Crippen LogP contribution in [-0.4, -0.2) is 36.6 Å². The fourth-order valence-electron chi connectivity index (χ4n) is 3.62. The van der Waals surface area contributed by atoms with Crippen LogP contribution in [0.2, 0.25) is 0 Å². The molecule has 0 unspecified atom stereocenters. The van der Waals surface area contributed by atoms with Crippen LogP contribution in [0.4, 0.5) is 58.4 Å².